The first-order chi connectivity index (χ1) is 12.4. The second kappa shape index (κ2) is 7.64. The number of aromatic nitrogens is 4. The van der Waals surface area contributed by atoms with Crippen molar-refractivity contribution < 1.29 is 4.74 Å². The standard InChI is InChI=1S/C17H18N6OS/c1-2-5-18-14(3-1)21-15-4-6-20-17(22-15)13-12-24-9-8-23(13)11-16-19-7-10-25-16/h1-7,10,13H,8-9,11-12H2,(H,18,20,21,22)/t13-/m1/s1. The Hall–Kier alpha value is -2.42. The molecule has 8 heteroatoms. The van der Waals surface area contributed by atoms with Gasteiger partial charge >= 0.3 is 0 Å². The summed E-state index contributed by atoms with van der Waals surface area (Å²) in [4.78, 5) is 20.1. The monoisotopic (exact) mass is 354 g/mol. The summed E-state index contributed by atoms with van der Waals surface area (Å²) < 4.78 is 5.67. The van der Waals surface area contributed by atoms with Crippen LogP contribution >= 0.6 is 11.3 Å². The Bertz CT molecular complexity index is 798. The molecule has 1 N–H and O–H groups in total. The molecule has 7 nitrogen and oxygen atoms in total. The predicted octanol–water partition coefficient (Wildman–Crippen LogP) is 2.65. The second-order valence-corrected chi connectivity index (χ2v) is 6.61. The van der Waals surface area contributed by atoms with Gasteiger partial charge in [-0.1, -0.05) is 6.07 Å². The molecule has 1 saturated heterocycles. The van der Waals surface area contributed by atoms with Crippen molar-refractivity contribution in [2.75, 3.05) is 25.1 Å². The van der Waals surface area contributed by atoms with Gasteiger partial charge in [0.25, 0.3) is 0 Å². The van der Waals surface area contributed by atoms with E-state index >= 15 is 0 Å². The van der Waals surface area contributed by atoms with E-state index in [2.05, 4.69) is 30.2 Å². The summed E-state index contributed by atoms with van der Waals surface area (Å²) >= 11 is 1.66. The maximum atomic E-state index is 5.67. The molecule has 1 atom stereocenters. The molecule has 0 amide bonds. The summed E-state index contributed by atoms with van der Waals surface area (Å²) in [6, 6.07) is 7.57. The minimum atomic E-state index is 0.0168. The molecular formula is C17H18N6OS. The van der Waals surface area contributed by atoms with Crippen LogP contribution in [-0.4, -0.2) is 44.6 Å². The van der Waals surface area contributed by atoms with E-state index in [1.165, 1.54) is 0 Å². The second-order valence-electron chi connectivity index (χ2n) is 5.63. The van der Waals surface area contributed by atoms with E-state index in [0.717, 1.165) is 35.6 Å². The highest BCUT2D eigenvalue weighted by Gasteiger charge is 2.27. The van der Waals surface area contributed by atoms with E-state index in [4.69, 9.17) is 4.74 Å². The van der Waals surface area contributed by atoms with E-state index in [-0.39, 0.29) is 6.04 Å². The Balaban J connectivity index is 1.53. The SMILES string of the molecule is c1ccc(Nc2ccnc([C@H]3COCCN3Cc3nccs3)n2)nc1. The summed E-state index contributed by atoms with van der Waals surface area (Å²) in [5.41, 5.74) is 0. The van der Waals surface area contributed by atoms with Gasteiger partial charge in [0.15, 0.2) is 0 Å². The van der Waals surface area contributed by atoms with Crippen LogP contribution in [0.2, 0.25) is 0 Å². The molecular weight excluding hydrogens is 336 g/mol. The molecule has 1 fully saturated rings. The molecule has 1 aliphatic heterocycles. The molecule has 3 aromatic rings. The maximum Gasteiger partial charge on any atom is 0.150 e. The average Bonchev–Trinajstić information content (AvgIpc) is 3.16. The van der Waals surface area contributed by atoms with Gasteiger partial charge in [-0.15, -0.1) is 11.3 Å². The first kappa shape index (κ1) is 16.1. The lowest BCUT2D eigenvalue weighted by atomic mass is 10.2. The van der Waals surface area contributed by atoms with Crippen molar-refractivity contribution in [3.63, 3.8) is 0 Å². The quantitative estimate of drug-likeness (QED) is 0.755. The molecule has 1 aliphatic rings. The summed E-state index contributed by atoms with van der Waals surface area (Å²) in [7, 11) is 0. The van der Waals surface area contributed by atoms with Crippen LogP contribution in [0.15, 0.2) is 48.2 Å². The molecule has 0 aliphatic carbocycles. The Morgan fingerprint density at radius 2 is 2.12 bits per heavy atom. The number of nitrogens with zero attached hydrogens (tertiary/aromatic N) is 5. The number of pyridine rings is 1. The van der Waals surface area contributed by atoms with Gasteiger partial charge in [0.1, 0.15) is 22.5 Å². The van der Waals surface area contributed by atoms with Crippen LogP contribution in [0.5, 0.6) is 0 Å². The smallest absolute Gasteiger partial charge is 0.150 e. The van der Waals surface area contributed by atoms with E-state index in [9.17, 15) is 0 Å². The molecule has 4 heterocycles. The van der Waals surface area contributed by atoms with Crippen LogP contribution in [0.4, 0.5) is 11.6 Å². The van der Waals surface area contributed by atoms with E-state index in [1.807, 2.05) is 35.8 Å². The van der Waals surface area contributed by atoms with E-state index in [1.54, 1.807) is 23.7 Å². The Kier molecular flexibility index (Phi) is 4.91. The van der Waals surface area contributed by atoms with Crippen LogP contribution in [0.3, 0.4) is 0 Å². The van der Waals surface area contributed by atoms with E-state index < -0.39 is 0 Å². The summed E-state index contributed by atoms with van der Waals surface area (Å²) in [6.07, 6.45) is 5.35. The van der Waals surface area contributed by atoms with Gasteiger partial charge in [-0.3, -0.25) is 4.90 Å². The zero-order valence-electron chi connectivity index (χ0n) is 13.6. The lowest BCUT2D eigenvalue weighted by Gasteiger charge is -2.33. The average molecular weight is 354 g/mol. The van der Waals surface area contributed by atoms with Crippen LogP contribution in [0, 0.1) is 0 Å². The highest BCUT2D eigenvalue weighted by atomic mass is 32.1. The molecule has 25 heavy (non-hydrogen) atoms. The summed E-state index contributed by atoms with van der Waals surface area (Å²) in [5, 5.41) is 6.30. The van der Waals surface area contributed by atoms with Crippen molar-refractivity contribution in [2.24, 2.45) is 0 Å². The third-order valence-electron chi connectivity index (χ3n) is 3.95. The van der Waals surface area contributed by atoms with Crippen LogP contribution < -0.4 is 5.32 Å². The Morgan fingerprint density at radius 3 is 2.96 bits per heavy atom. The van der Waals surface area contributed by atoms with Crippen molar-refractivity contribution in [1.82, 2.24) is 24.8 Å². The number of hydrogen-bond acceptors (Lipinski definition) is 8. The highest BCUT2D eigenvalue weighted by molar-refractivity contribution is 7.09. The third-order valence-corrected chi connectivity index (χ3v) is 4.72. The molecule has 0 radical (unpaired) electrons. The number of ether oxygens (including phenoxy) is 1. The molecule has 4 rings (SSSR count). The first-order valence-electron chi connectivity index (χ1n) is 8.09. The molecule has 128 valence electrons. The molecule has 0 aromatic carbocycles. The molecule has 0 saturated carbocycles. The fourth-order valence-electron chi connectivity index (χ4n) is 2.74. The van der Waals surface area contributed by atoms with Crippen molar-refractivity contribution in [3.05, 3.63) is 59.1 Å². The molecule has 0 spiro atoms. The first-order valence-corrected chi connectivity index (χ1v) is 8.97. The third kappa shape index (κ3) is 3.98. The number of morpholine rings is 1. The topological polar surface area (TPSA) is 76.1 Å². The summed E-state index contributed by atoms with van der Waals surface area (Å²) in [5.74, 6) is 2.23. The van der Waals surface area contributed by atoms with Crippen molar-refractivity contribution >= 4 is 23.0 Å². The van der Waals surface area contributed by atoms with Crippen LogP contribution in [0.1, 0.15) is 16.9 Å². The Morgan fingerprint density at radius 1 is 1.12 bits per heavy atom. The van der Waals surface area contributed by atoms with Gasteiger partial charge in [0.2, 0.25) is 0 Å². The normalized spacial score (nSPS) is 18.2. The lowest BCUT2D eigenvalue weighted by Crippen LogP contribution is -2.39. The van der Waals surface area contributed by atoms with Crippen molar-refractivity contribution in [3.8, 4) is 0 Å². The minimum Gasteiger partial charge on any atom is -0.378 e. The fourth-order valence-corrected chi connectivity index (χ4v) is 3.38. The number of nitrogens with one attached hydrogen (secondary N) is 1. The van der Waals surface area contributed by atoms with Crippen LogP contribution in [0.25, 0.3) is 0 Å². The Labute approximate surface area is 149 Å². The van der Waals surface area contributed by atoms with Crippen LogP contribution in [-0.2, 0) is 11.3 Å². The highest BCUT2D eigenvalue weighted by Crippen LogP contribution is 2.25. The van der Waals surface area contributed by atoms with Gasteiger partial charge in [0.05, 0.1) is 25.8 Å². The van der Waals surface area contributed by atoms with Gasteiger partial charge < -0.3 is 10.1 Å². The van der Waals surface area contributed by atoms with Gasteiger partial charge in [-0.25, -0.2) is 19.9 Å². The molecule has 0 bridgehead atoms. The lowest BCUT2D eigenvalue weighted by molar-refractivity contribution is -0.0159. The van der Waals surface area contributed by atoms with Gasteiger partial charge in [-0.05, 0) is 18.2 Å². The maximum absolute atomic E-state index is 5.67. The largest absolute Gasteiger partial charge is 0.378 e. The molecule has 3 aromatic heterocycles. The zero-order valence-corrected chi connectivity index (χ0v) is 14.4. The van der Waals surface area contributed by atoms with Crippen molar-refractivity contribution in [1.29, 1.82) is 0 Å². The van der Waals surface area contributed by atoms with Gasteiger partial charge in [-0.2, -0.15) is 0 Å². The predicted molar refractivity (Wildman–Crippen MR) is 95.6 cm³/mol. The van der Waals surface area contributed by atoms with Gasteiger partial charge in [0, 0.05) is 30.5 Å². The number of thiazole rings is 1. The zero-order chi connectivity index (χ0) is 16.9. The number of hydrogen-bond donors (Lipinski definition) is 1. The summed E-state index contributed by atoms with van der Waals surface area (Å²) in [6.45, 7) is 2.92. The number of anilines is 2. The fraction of sp³-hybridized carbons (Fsp3) is 0.294. The van der Waals surface area contributed by atoms with Crippen molar-refractivity contribution in [2.45, 2.75) is 12.6 Å². The molecule has 0 unspecified atom stereocenters. The minimum absolute atomic E-state index is 0.0168. The van der Waals surface area contributed by atoms with E-state index in [0.29, 0.717) is 13.2 Å². The number of rotatable bonds is 5.